The van der Waals surface area contributed by atoms with Crippen molar-refractivity contribution < 1.29 is 71.0 Å². The minimum absolute atomic E-state index is 0.00715. The zero-order chi connectivity index (χ0) is 50.3. The van der Waals surface area contributed by atoms with Crippen LogP contribution in [0.5, 0.6) is 0 Å². The number of hydrogen-bond donors (Lipinski definition) is 5. The first-order valence-corrected chi connectivity index (χ1v) is 27.8. The largest absolute Gasteiger partial charge is 0.481 e. The summed E-state index contributed by atoms with van der Waals surface area (Å²) in [5.74, 6) is -1.39. The van der Waals surface area contributed by atoms with Crippen molar-refractivity contribution in [2.45, 2.75) is 198 Å². The summed E-state index contributed by atoms with van der Waals surface area (Å²) in [6.07, 6.45) is 30.7. The Kier molecular flexibility index (Phi) is 29.7. The summed E-state index contributed by atoms with van der Waals surface area (Å²) in [5.41, 5.74) is 4.58. The number of esters is 2. The highest BCUT2D eigenvalue weighted by molar-refractivity contribution is 7.61. The molecule has 21 heteroatoms. The number of carbonyl (C=O) groups excluding carboxylic acids is 2. The molecule has 0 bridgehead atoms. The molecule has 3 rings (SSSR count). The van der Waals surface area contributed by atoms with Gasteiger partial charge in [0.2, 0.25) is 0 Å². The van der Waals surface area contributed by atoms with E-state index in [2.05, 4.69) is 71.8 Å². The van der Waals surface area contributed by atoms with Crippen molar-refractivity contribution in [3.63, 3.8) is 0 Å². The number of phosphoric ester groups is 2. The topological polar surface area (TPSA) is 278 Å². The van der Waals surface area contributed by atoms with E-state index in [1.54, 1.807) is 0 Å². The van der Waals surface area contributed by atoms with Crippen LogP contribution in [0.1, 0.15) is 161 Å². The quantitative estimate of drug-likeness (QED) is 0.0135. The van der Waals surface area contributed by atoms with Crippen LogP contribution in [0.2, 0.25) is 0 Å². The monoisotopic (exact) mass is 1020 g/mol. The van der Waals surface area contributed by atoms with E-state index in [4.69, 9.17) is 33.7 Å². The molecule has 0 aliphatic carbocycles. The number of nitrogens with zero attached hydrogens (tertiary/aromatic N) is 2. The normalized spacial score (nSPS) is 22.7. The SMILES string of the molecule is CCCCC/C=C\C/C=C\C/C=C\CC1OC1CCCC(=O)O[C@H](COC(=O)CCCCCCC/C=C\CCCCCC)COP(=O)(O)OP(=O)(O)OC[C@H]1O[C@@H](n2ccc(N)nc2=O)[C@H](O)[C@@H]1O. The lowest BCUT2D eigenvalue weighted by molar-refractivity contribution is -0.161. The van der Waals surface area contributed by atoms with Gasteiger partial charge in [-0.1, -0.05) is 114 Å². The number of anilines is 1. The Labute approximate surface area is 407 Å². The summed E-state index contributed by atoms with van der Waals surface area (Å²) >= 11 is 0. The van der Waals surface area contributed by atoms with Crippen LogP contribution in [0.15, 0.2) is 65.7 Å². The van der Waals surface area contributed by atoms with Gasteiger partial charge < -0.3 is 44.7 Å². The van der Waals surface area contributed by atoms with E-state index in [9.17, 15) is 43.5 Å². The number of carbonyl (C=O) groups is 2. The molecular weight excluding hydrogens is 936 g/mol. The number of aliphatic hydroxyl groups excluding tert-OH is 2. The van der Waals surface area contributed by atoms with Crippen molar-refractivity contribution >= 4 is 33.4 Å². The Bertz CT molecular complexity index is 1910. The third-order valence-corrected chi connectivity index (χ3v) is 13.9. The molecule has 1 aromatic heterocycles. The Hall–Kier alpha value is -3.32. The lowest BCUT2D eigenvalue weighted by Crippen LogP contribution is -2.36. The zero-order valence-corrected chi connectivity index (χ0v) is 42.3. The molecule has 6 N–H and O–H groups in total. The van der Waals surface area contributed by atoms with Crippen LogP contribution in [-0.2, 0) is 51.0 Å². The van der Waals surface area contributed by atoms with Crippen LogP contribution in [-0.4, -0.2) is 97.9 Å². The van der Waals surface area contributed by atoms with Crippen molar-refractivity contribution in [1.82, 2.24) is 9.55 Å². The van der Waals surface area contributed by atoms with E-state index in [-0.39, 0.29) is 30.9 Å². The maximum Gasteiger partial charge on any atom is 0.481 e. The second kappa shape index (κ2) is 34.1. The predicted octanol–water partition coefficient (Wildman–Crippen LogP) is 8.76. The molecule has 9 atom stereocenters. The average molecular weight is 1020 g/mol. The zero-order valence-electron chi connectivity index (χ0n) is 40.5. The molecule has 2 fully saturated rings. The first-order valence-electron chi connectivity index (χ1n) is 24.8. The van der Waals surface area contributed by atoms with Crippen LogP contribution in [0.3, 0.4) is 0 Å². The van der Waals surface area contributed by atoms with Gasteiger partial charge in [-0.25, -0.2) is 13.9 Å². The van der Waals surface area contributed by atoms with Gasteiger partial charge in [-0.05, 0) is 83.1 Å². The maximum absolute atomic E-state index is 12.9. The number of allylic oxidation sites excluding steroid dienone is 7. The highest BCUT2D eigenvalue weighted by Gasteiger charge is 2.46. The maximum atomic E-state index is 12.9. The van der Waals surface area contributed by atoms with Crippen LogP contribution < -0.4 is 11.4 Å². The Morgan fingerprint density at radius 1 is 0.725 bits per heavy atom. The van der Waals surface area contributed by atoms with E-state index in [0.717, 1.165) is 75.0 Å². The first kappa shape index (κ1) is 60.0. The molecule has 69 heavy (non-hydrogen) atoms. The van der Waals surface area contributed by atoms with Gasteiger partial charge in [-0.2, -0.15) is 9.29 Å². The van der Waals surface area contributed by atoms with Crippen LogP contribution in [0.4, 0.5) is 5.82 Å². The minimum Gasteiger partial charge on any atom is -0.462 e. The molecular formula is C48H79N3O16P2. The van der Waals surface area contributed by atoms with Crippen LogP contribution in [0.25, 0.3) is 0 Å². The number of nitrogen functional groups attached to an aromatic ring is 1. The smallest absolute Gasteiger partial charge is 0.462 e. The molecule has 1 aromatic rings. The molecule has 2 aliphatic rings. The molecule has 0 saturated carbocycles. The molecule has 0 radical (unpaired) electrons. The summed E-state index contributed by atoms with van der Waals surface area (Å²) in [5, 5.41) is 20.9. The van der Waals surface area contributed by atoms with Gasteiger partial charge in [0.05, 0.1) is 25.4 Å². The molecule has 2 aliphatic heterocycles. The molecule has 2 saturated heterocycles. The number of aromatic nitrogens is 2. The summed E-state index contributed by atoms with van der Waals surface area (Å²) in [6, 6.07) is 1.24. The van der Waals surface area contributed by atoms with Crippen molar-refractivity contribution in [3.05, 3.63) is 71.4 Å². The minimum atomic E-state index is -5.44. The first-order chi connectivity index (χ1) is 33.1. The number of aliphatic hydroxyl groups is 2. The van der Waals surface area contributed by atoms with Crippen molar-refractivity contribution in [3.8, 4) is 0 Å². The molecule has 4 unspecified atom stereocenters. The van der Waals surface area contributed by atoms with Gasteiger partial charge in [0, 0.05) is 19.0 Å². The van der Waals surface area contributed by atoms with Gasteiger partial charge in [0.25, 0.3) is 0 Å². The van der Waals surface area contributed by atoms with Crippen LogP contribution >= 0.6 is 15.6 Å². The van der Waals surface area contributed by atoms with E-state index in [1.165, 1.54) is 51.0 Å². The van der Waals surface area contributed by atoms with Gasteiger partial charge >= 0.3 is 33.3 Å². The van der Waals surface area contributed by atoms with E-state index >= 15 is 0 Å². The molecule has 3 heterocycles. The number of epoxide rings is 1. The lowest BCUT2D eigenvalue weighted by Gasteiger charge is -2.21. The second-order valence-corrected chi connectivity index (χ2v) is 20.4. The van der Waals surface area contributed by atoms with Gasteiger partial charge in [-0.3, -0.25) is 23.2 Å². The standard InChI is InChI=1S/C48H79N3O16P2/c1-3-5-7-9-11-13-15-17-19-21-23-25-27-31-43(52)61-35-38(64-44(53)32-28-30-40-39(65-40)29-26-24-22-20-18-16-14-12-10-8-6-4-2)36-62-68(57,58)67-69(59,60)63-37-41-45(54)46(55)47(66-41)51-34-33-42(49)50-48(51)56/h12-15,18,20,24,26,33-34,38-41,45-47,54-55H,3-11,16-17,19,21-23,25,27-32,35-37H2,1-2H3,(H,57,58)(H,59,60)(H2,49,50,56)/b14-12-,15-13-,20-18-,26-24-/t38-,39?,40?,41-,45-,46-,47-/m1/s1. The van der Waals surface area contributed by atoms with Gasteiger partial charge in [-0.15, -0.1) is 0 Å². The molecule has 0 amide bonds. The molecule has 19 nitrogen and oxygen atoms in total. The van der Waals surface area contributed by atoms with Crippen molar-refractivity contribution in [2.75, 3.05) is 25.6 Å². The summed E-state index contributed by atoms with van der Waals surface area (Å²) < 4.78 is 62.5. The Morgan fingerprint density at radius 3 is 2.00 bits per heavy atom. The highest BCUT2D eigenvalue weighted by Crippen LogP contribution is 2.60. The van der Waals surface area contributed by atoms with Crippen molar-refractivity contribution in [1.29, 1.82) is 0 Å². The number of ether oxygens (including phenoxy) is 4. The number of phosphoric acid groups is 2. The Balaban J connectivity index is 1.44. The fourth-order valence-electron chi connectivity index (χ4n) is 7.33. The predicted molar refractivity (Wildman–Crippen MR) is 260 cm³/mol. The van der Waals surface area contributed by atoms with Crippen molar-refractivity contribution in [2.24, 2.45) is 0 Å². The third kappa shape index (κ3) is 26.6. The summed E-state index contributed by atoms with van der Waals surface area (Å²) in [7, 11) is -10.9. The summed E-state index contributed by atoms with van der Waals surface area (Å²) in [4.78, 5) is 62.0. The van der Waals surface area contributed by atoms with Gasteiger partial charge in [0.15, 0.2) is 12.3 Å². The highest BCUT2D eigenvalue weighted by atomic mass is 31.3. The number of hydrogen-bond acceptors (Lipinski definition) is 16. The summed E-state index contributed by atoms with van der Waals surface area (Å²) in [6.45, 7) is 2.02. The van der Waals surface area contributed by atoms with E-state index in [0.29, 0.717) is 19.3 Å². The average Bonchev–Trinajstić information content (AvgIpc) is 3.99. The lowest BCUT2D eigenvalue weighted by atomic mass is 10.1. The van der Waals surface area contributed by atoms with E-state index < -0.39 is 83.7 Å². The molecule has 0 spiro atoms. The number of nitrogens with two attached hydrogens (primary N) is 1. The second-order valence-electron chi connectivity index (χ2n) is 17.3. The fraction of sp³-hybridized carbons (Fsp3) is 0.708. The molecule has 0 aromatic carbocycles. The van der Waals surface area contributed by atoms with Crippen LogP contribution in [0, 0.1) is 0 Å². The Morgan fingerprint density at radius 2 is 1.30 bits per heavy atom. The fourth-order valence-corrected chi connectivity index (χ4v) is 9.44. The number of rotatable bonds is 39. The van der Waals surface area contributed by atoms with Gasteiger partial charge in [0.1, 0.15) is 30.7 Å². The third-order valence-electron chi connectivity index (χ3n) is 11.3. The van der Waals surface area contributed by atoms with E-state index in [1.807, 2.05) is 0 Å². The number of unbranched alkanes of at least 4 members (excludes halogenated alkanes) is 12. The molecule has 392 valence electrons.